The lowest BCUT2D eigenvalue weighted by atomic mass is 9.94. The first kappa shape index (κ1) is 16.7. The third-order valence-corrected chi connectivity index (χ3v) is 2.52. The summed E-state index contributed by atoms with van der Waals surface area (Å²) in [6, 6.07) is 10.0. The van der Waals surface area contributed by atoms with Crippen LogP contribution in [0.15, 0.2) is 43.0 Å². The summed E-state index contributed by atoms with van der Waals surface area (Å²) in [6.07, 6.45) is 0.795. The maximum absolute atomic E-state index is 11.1. The lowest BCUT2D eigenvalue weighted by Gasteiger charge is -2.30. The van der Waals surface area contributed by atoms with Gasteiger partial charge in [0.1, 0.15) is 0 Å². The average Bonchev–Trinajstić information content (AvgIpc) is 2.29. The second-order valence-corrected chi connectivity index (χ2v) is 4.42. The zero-order chi connectivity index (χ0) is 12.9. The molecule has 0 saturated carbocycles. The number of carbonyl (C=O) groups is 1. The molecule has 18 heavy (non-hydrogen) atoms. The zero-order valence-electron chi connectivity index (χ0n) is 11.0. The smallest absolute Gasteiger partial charge is 0.331 e. The molecule has 1 aromatic rings. The summed E-state index contributed by atoms with van der Waals surface area (Å²) < 4.78 is 5.09. The van der Waals surface area contributed by atoms with Crippen molar-refractivity contribution in [3.05, 3.63) is 48.6 Å². The topological polar surface area (TPSA) is 38.3 Å². The molecule has 0 fully saturated rings. The summed E-state index contributed by atoms with van der Waals surface area (Å²) >= 11 is 0. The summed E-state index contributed by atoms with van der Waals surface area (Å²) in [5.41, 5.74) is 0.879. The highest BCUT2D eigenvalue weighted by Crippen LogP contribution is 2.20. The van der Waals surface area contributed by atoms with Crippen molar-refractivity contribution in [1.82, 2.24) is 5.32 Å². The van der Waals surface area contributed by atoms with Gasteiger partial charge < -0.3 is 4.74 Å². The van der Waals surface area contributed by atoms with Crippen LogP contribution >= 0.6 is 12.4 Å². The Kier molecular flexibility index (Phi) is 6.66. The van der Waals surface area contributed by atoms with E-state index in [0.717, 1.165) is 11.6 Å². The SMILES string of the molecule is C=CC(=O)OC(C)NC(C)(C)c1ccccc1.Cl. The molecule has 0 spiro atoms. The van der Waals surface area contributed by atoms with E-state index < -0.39 is 5.97 Å². The van der Waals surface area contributed by atoms with Gasteiger partial charge in [-0.3, -0.25) is 5.32 Å². The Labute approximate surface area is 115 Å². The summed E-state index contributed by atoms with van der Waals surface area (Å²) in [7, 11) is 0. The van der Waals surface area contributed by atoms with Gasteiger partial charge in [-0.1, -0.05) is 36.9 Å². The molecular weight excluding hydrogens is 250 g/mol. The fourth-order valence-corrected chi connectivity index (χ4v) is 1.70. The molecule has 0 aliphatic heterocycles. The Hall–Kier alpha value is -1.32. The number of rotatable bonds is 5. The van der Waals surface area contributed by atoms with Crippen LogP contribution in [0.5, 0.6) is 0 Å². The number of nitrogens with one attached hydrogen (secondary N) is 1. The molecule has 1 rings (SSSR count). The predicted molar refractivity (Wildman–Crippen MR) is 75.6 cm³/mol. The van der Waals surface area contributed by atoms with Crippen LogP contribution in [0.4, 0.5) is 0 Å². The van der Waals surface area contributed by atoms with Crippen molar-refractivity contribution in [2.24, 2.45) is 0 Å². The Morgan fingerprint density at radius 2 is 1.94 bits per heavy atom. The minimum atomic E-state index is -0.422. The maximum atomic E-state index is 11.1. The van der Waals surface area contributed by atoms with Crippen LogP contribution in [-0.2, 0) is 15.1 Å². The van der Waals surface area contributed by atoms with Crippen LogP contribution < -0.4 is 5.32 Å². The Morgan fingerprint density at radius 3 is 2.44 bits per heavy atom. The van der Waals surface area contributed by atoms with Crippen molar-refractivity contribution in [3.8, 4) is 0 Å². The molecule has 0 radical (unpaired) electrons. The molecule has 1 N–H and O–H groups in total. The monoisotopic (exact) mass is 269 g/mol. The van der Waals surface area contributed by atoms with Crippen LogP contribution in [0.2, 0.25) is 0 Å². The molecule has 0 bridgehead atoms. The van der Waals surface area contributed by atoms with E-state index in [2.05, 4.69) is 11.9 Å². The van der Waals surface area contributed by atoms with Gasteiger partial charge in [0.05, 0.1) is 0 Å². The Balaban J connectivity index is 0.00000289. The molecular formula is C14H20ClNO2. The van der Waals surface area contributed by atoms with Crippen LogP contribution in [-0.4, -0.2) is 12.2 Å². The van der Waals surface area contributed by atoms with Crippen molar-refractivity contribution in [3.63, 3.8) is 0 Å². The maximum Gasteiger partial charge on any atom is 0.331 e. The zero-order valence-corrected chi connectivity index (χ0v) is 11.8. The lowest BCUT2D eigenvalue weighted by Crippen LogP contribution is -2.44. The van der Waals surface area contributed by atoms with Crippen LogP contribution in [0.1, 0.15) is 26.3 Å². The number of hydrogen-bond acceptors (Lipinski definition) is 3. The van der Waals surface area contributed by atoms with Crippen molar-refractivity contribution < 1.29 is 9.53 Å². The van der Waals surface area contributed by atoms with Gasteiger partial charge in [0, 0.05) is 11.6 Å². The van der Waals surface area contributed by atoms with Gasteiger partial charge in [0.15, 0.2) is 6.23 Å². The highest BCUT2D eigenvalue weighted by molar-refractivity contribution is 5.85. The molecule has 1 aromatic carbocycles. The highest BCUT2D eigenvalue weighted by atomic mass is 35.5. The first-order chi connectivity index (χ1) is 7.95. The van der Waals surface area contributed by atoms with Gasteiger partial charge in [0.25, 0.3) is 0 Å². The van der Waals surface area contributed by atoms with Crippen molar-refractivity contribution in [2.75, 3.05) is 0 Å². The number of ether oxygens (including phenoxy) is 1. The normalized spacial score (nSPS) is 12.2. The third kappa shape index (κ3) is 4.90. The van der Waals surface area contributed by atoms with E-state index in [1.54, 1.807) is 6.92 Å². The average molecular weight is 270 g/mol. The summed E-state index contributed by atoms with van der Waals surface area (Å²) in [6.45, 7) is 9.25. The quantitative estimate of drug-likeness (QED) is 0.507. The van der Waals surface area contributed by atoms with Gasteiger partial charge in [-0.15, -0.1) is 12.4 Å². The molecule has 0 aliphatic carbocycles. The largest absolute Gasteiger partial charge is 0.444 e. The number of halogens is 1. The molecule has 0 aromatic heterocycles. The van der Waals surface area contributed by atoms with E-state index >= 15 is 0 Å². The summed E-state index contributed by atoms with van der Waals surface area (Å²) in [5, 5.41) is 3.25. The first-order valence-corrected chi connectivity index (χ1v) is 5.62. The van der Waals surface area contributed by atoms with E-state index in [0.29, 0.717) is 0 Å². The molecule has 1 atom stereocenters. The molecule has 4 heteroatoms. The van der Waals surface area contributed by atoms with E-state index in [1.165, 1.54) is 0 Å². The van der Waals surface area contributed by atoms with Gasteiger partial charge in [-0.05, 0) is 26.3 Å². The van der Waals surface area contributed by atoms with Gasteiger partial charge in [0.2, 0.25) is 0 Å². The molecule has 3 nitrogen and oxygen atoms in total. The van der Waals surface area contributed by atoms with Crippen LogP contribution in [0.25, 0.3) is 0 Å². The molecule has 100 valence electrons. The minimum absolute atomic E-state index is 0. The molecule has 1 unspecified atom stereocenters. The fraction of sp³-hybridized carbons (Fsp3) is 0.357. The van der Waals surface area contributed by atoms with Gasteiger partial charge >= 0.3 is 5.97 Å². The molecule has 0 heterocycles. The lowest BCUT2D eigenvalue weighted by molar-refractivity contribution is -0.144. The molecule has 0 saturated heterocycles. The number of hydrogen-bond donors (Lipinski definition) is 1. The first-order valence-electron chi connectivity index (χ1n) is 5.62. The molecule has 0 aliphatic rings. The van der Waals surface area contributed by atoms with Crippen LogP contribution in [0, 0.1) is 0 Å². The van der Waals surface area contributed by atoms with E-state index in [4.69, 9.17) is 4.74 Å². The Bertz CT molecular complexity index is 390. The second-order valence-electron chi connectivity index (χ2n) is 4.42. The predicted octanol–water partition coefficient (Wildman–Crippen LogP) is 3.01. The second kappa shape index (κ2) is 7.19. The van der Waals surface area contributed by atoms with E-state index in [9.17, 15) is 4.79 Å². The van der Waals surface area contributed by atoms with Gasteiger partial charge in [-0.25, -0.2) is 4.79 Å². The van der Waals surface area contributed by atoms with Crippen molar-refractivity contribution in [1.29, 1.82) is 0 Å². The summed E-state index contributed by atoms with van der Waals surface area (Å²) in [5.74, 6) is -0.422. The number of benzene rings is 1. The highest BCUT2D eigenvalue weighted by Gasteiger charge is 2.23. The standard InChI is InChI=1S/C14H19NO2.ClH/c1-5-13(16)17-11(2)15-14(3,4)12-9-7-6-8-10-12;/h5-11,15H,1H2,2-4H3;1H. The number of esters is 1. The van der Waals surface area contributed by atoms with E-state index in [-0.39, 0.29) is 24.2 Å². The van der Waals surface area contributed by atoms with Crippen LogP contribution in [0.3, 0.4) is 0 Å². The van der Waals surface area contributed by atoms with Crippen molar-refractivity contribution >= 4 is 18.4 Å². The summed E-state index contributed by atoms with van der Waals surface area (Å²) in [4.78, 5) is 11.1. The van der Waals surface area contributed by atoms with E-state index in [1.807, 2.05) is 44.2 Å². The third-order valence-electron chi connectivity index (χ3n) is 2.52. The number of carbonyl (C=O) groups excluding carboxylic acids is 1. The molecule has 0 amide bonds. The fourth-order valence-electron chi connectivity index (χ4n) is 1.70. The van der Waals surface area contributed by atoms with Gasteiger partial charge in [-0.2, -0.15) is 0 Å². The minimum Gasteiger partial charge on any atom is -0.444 e. The Morgan fingerprint density at radius 1 is 1.39 bits per heavy atom. The van der Waals surface area contributed by atoms with Crippen molar-refractivity contribution in [2.45, 2.75) is 32.5 Å².